The third kappa shape index (κ3) is 2.72. The second kappa shape index (κ2) is 4.82. The summed E-state index contributed by atoms with van der Waals surface area (Å²) in [5.74, 6) is 0.248. The van der Waals surface area contributed by atoms with Gasteiger partial charge in [0.25, 0.3) is 5.91 Å². The highest BCUT2D eigenvalue weighted by atomic mass is 16.5. The van der Waals surface area contributed by atoms with Gasteiger partial charge in [-0.2, -0.15) is 0 Å². The van der Waals surface area contributed by atoms with E-state index in [1.807, 2.05) is 31.2 Å². The van der Waals surface area contributed by atoms with Crippen molar-refractivity contribution in [2.75, 3.05) is 6.61 Å². The number of carbonyl (C=O) groups excluding carboxylic acids is 2. The summed E-state index contributed by atoms with van der Waals surface area (Å²) < 4.78 is 5.31. The molecule has 1 fully saturated rings. The molecule has 0 spiro atoms. The average molecular weight is 231 g/mol. The van der Waals surface area contributed by atoms with Gasteiger partial charge in [-0.25, -0.2) is 0 Å². The Bertz CT molecular complexity index is 474. The van der Waals surface area contributed by atoms with Crippen molar-refractivity contribution < 1.29 is 14.3 Å². The van der Waals surface area contributed by atoms with Gasteiger partial charge in [-0.1, -0.05) is 12.1 Å². The van der Waals surface area contributed by atoms with E-state index < -0.39 is 0 Å². The van der Waals surface area contributed by atoms with Crippen molar-refractivity contribution in [2.45, 2.75) is 13.3 Å². The highest BCUT2D eigenvalue weighted by molar-refractivity contribution is 6.15. The molecule has 17 heavy (non-hydrogen) atoms. The number of nitrogens with one attached hydrogen (secondary N) is 1. The molecule has 0 aliphatic carbocycles. The summed E-state index contributed by atoms with van der Waals surface area (Å²) in [5.41, 5.74) is 1.38. The Morgan fingerprint density at radius 3 is 2.53 bits per heavy atom. The molecule has 4 nitrogen and oxygen atoms in total. The maximum atomic E-state index is 11.3. The number of carbonyl (C=O) groups is 2. The molecule has 0 radical (unpaired) electrons. The van der Waals surface area contributed by atoms with Crippen LogP contribution >= 0.6 is 0 Å². The van der Waals surface area contributed by atoms with E-state index >= 15 is 0 Å². The van der Waals surface area contributed by atoms with E-state index in [9.17, 15) is 9.59 Å². The zero-order valence-corrected chi connectivity index (χ0v) is 9.53. The Labute approximate surface area is 99.3 Å². The minimum absolute atomic E-state index is 0.159. The lowest BCUT2D eigenvalue weighted by Crippen LogP contribution is -2.19. The molecule has 0 atom stereocenters. The molecule has 2 rings (SSSR count). The first-order valence-corrected chi connectivity index (χ1v) is 5.46. The standard InChI is InChI=1S/C13H13NO3/c1-2-17-11-5-3-9(4-6-11)7-10-8-12(15)14-13(10)16/h3-7H,2,8H2,1H3,(H,14,15,16). The lowest BCUT2D eigenvalue weighted by molar-refractivity contribution is -0.124. The van der Waals surface area contributed by atoms with E-state index in [4.69, 9.17) is 4.74 Å². The molecule has 4 heteroatoms. The van der Waals surface area contributed by atoms with Crippen LogP contribution < -0.4 is 10.1 Å². The Morgan fingerprint density at radius 2 is 2.00 bits per heavy atom. The van der Waals surface area contributed by atoms with Crippen molar-refractivity contribution in [1.29, 1.82) is 0 Å². The SMILES string of the molecule is CCOc1ccc(C=C2CC(=O)NC2=O)cc1. The molecular weight excluding hydrogens is 218 g/mol. The van der Waals surface area contributed by atoms with Crippen molar-refractivity contribution in [3.8, 4) is 5.75 Å². The van der Waals surface area contributed by atoms with Crippen LogP contribution in [0.15, 0.2) is 29.8 Å². The zero-order valence-electron chi connectivity index (χ0n) is 9.53. The van der Waals surface area contributed by atoms with E-state index in [0.29, 0.717) is 12.2 Å². The van der Waals surface area contributed by atoms with Crippen molar-refractivity contribution >= 4 is 17.9 Å². The Kier molecular flexibility index (Phi) is 3.23. The van der Waals surface area contributed by atoms with Crippen LogP contribution in [0.25, 0.3) is 6.08 Å². The van der Waals surface area contributed by atoms with E-state index in [2.05, 4.69) is 5.32 Å². The molecule has 1 aromatic rings. The molecular formula is C13H13NO3. The maximum absolute atomic E-state index is 11.3. The van der Waals surface area contributed by atoms with Gasteiger partial charge in [-0.3, -0.25) is 14.9 Å². The molecule has 1 aliphatic heterocycles. The number of rotatable bonds is 3. The molecule has 88 valence electrons. The first-order valence-electron chi connectivity index (χ1n) is 5.46. The normalized spacial score (nSPS) is 17.4. The monoisotopic (exact) mass is 231 g/mol. The van der Waals surface area contributed by atoms with Crippen molar-refractivity contribution in [2.24, 2.45) is 0 Å². The fourth-order valence-corrected chi connectivity index (χ4v) is 1.65. The second-order valence-corrected chi connectivity index (χ2v) is 3.73. The lowest BCUT2D eigenvalue weighted by Gasteiger charge is -2.02. The largest absolute Gasteiger partial charge is 0.494 e. The summed E-state index contributed by atoms with van der Waals surface area (Å²) in [6.07, 6.45) is 1.88. The Morgan fingerprint density at radius 1 is 1.29 bits per heavy atom. The molecule has 1 aromatic carbocycles. The highest BCUT2D eigenvalue weighted by Crippen LogP contribution is 2.17. The molecule has 0 unspecified atom stereocenters. The van der Waals surface area contributed by atoms with E-state index in [1.165, 1.54) is 0 Å². The van der Waals surface area contributed by atoms with Gasteiger partial charge in [-0.05, 0) is 30.7 Å². The smallest absolute Gasteiger partial charge is 0.254 e. The Balaban J connectivity index is 2.16. The Hall–Kier alpha value is -2.10. The van der Waals surface area contributed by atoms with Gasteiger partial charge in [0.2, 0.25) is 5.91 Å². The van der Waals surface area contributed by atoms with Gasteiger partial charge in [0.05, 0.1) is 13.0 Å². The molecule has 1 aliphatic rings. The average Bonchev–Trinajstić information content (AvgIpc) is 2.61. The lowest BCUT2D eigenvalue weighted by atomic mass is 10.1. The highest BCUT2D eigenvalue weighted by Gasteiger charge is 2.23. The topological polar surface area (TPSA) is 55.4 Å². The minimum Gasteiger partial charge on any atom is -0.494 e. The summed E-state index contributed by atoms with van der Waals surface area (Å²) >= 11 is 0. The van der Waals surface area contributed by atoms with E-state index in [-0.39, 0.29) is 18.2 Å². The van der Waals surface area contributed by atoms with E-state index in [1.54, 1.807) is 6.08 Å². The van der Waals surface area contributed by atoms with Crippen LogP contribution in [-0.2, 0) is 9.59 Å². The fraction of sp³-hybridized carbons (Fsp3) is 0.231. The van der Waals surface area contributed by atoms with Gasteiger partial charge in [0, 0.05) is 5.57 Å². The number of benzene rings is 1. The molecule has 1 saturated heterocycles. The third-order valence-corrected chi connectivity index (χ3v) is 2.43. The van der Waals surface area contributed by atoms with Crippen molar-refractivity contribution in [3.05, 3.63) is 35.4 Å². The number of hydrogen-bond donors (Lipinski definition) is 1. The summed E-state index contributed by atoms with van der Waals surface area (Å²) in [7, 11) is 0. The number of ether oxygens (including phenoxy) is 1. The van der Waals surface area contributed by atoms with Gasteiger partial charge in [0.1, 0.15) is 5.75 Å². The zero-order chi connectivity index (χ0) is 12.3. The van der Waals surface area contributed by atoms with Crippen LogP contribution in [0.5, 0.6) is 5.75 Å². The second-order valence-electron chi connectivity index (χ2n) is 3.73. The van der Waals surface area contributed by atoms with Gasteiger partial charge >= 0.3 is 0 Å². The first-order chi connectivity index (χ1) is 8.19. The molecule has 1 heterocycles. The molecule has 1 N–H and O–H groups in total. The summed E-state index contributed by atoms with van der Waals surface area (Å²) in [4.78, 5) is 22.3. The summed E-state index contributed by atoms with van der Waals surface area (Å²) in [6.45, 7) is 2.54. The van der Waals surface area contributed by atoms with Crippen LogP contribution in [0.3, 0.4) is 0 Å². The molecule has 0 saturated carbocycles. The van der Waals surface area contributed by atoms with Crippen molar-refractivity contribution in [1.82, 2.24) is 5.32 Å². The van der Waals surface area contributed by atoms with Gasteiger partial charge < -0.3 is 4.74 Å². The quantitative estimate of drug-likeness (QED) is 0.633. The maximum Gasteiger partial charge on any atom is 0.254 e. The van der Waals surface area contributed by atoms with E-state index in [0.717, 1.165) is 11.3 Å². The summed E-state index contributed by atoms with van der Waals surface area (Å²) in [6, 6.07) is 7.39. The van der Waals surface area contributed by atoms with Crippen molar-refractivity contribution in [3.63, 3.8) is 0 Å². The minimum atomic E-state index is -0.302. The van der Waals surface area contributed by atoms with Crippen LogP contribution in [0.2, 0.25) is 0 Å². The predicted molar refractivity (Wildman–Crippen MR) is 63.4 cm³/mol. The molecule has 2 amide bonds. The van der Waals surface area contributed by atoms with Crippen LogP contribution in [0, 0.1) is 0 Å². The number of amides is 2. The summed E-state index contributed by atoms with van der Waals surface area (Å²) in [5, 5.41) is 2.25. The predicted octanol–water partition coefficient (Wildman–Crippen LogP) is 1.52. The van der Waals surface area contributed by atoms with Crippen LogP contribution in [0.1, 0.15) is 18.9 Å². The van der Waals surface area contributed by atoms with Gasteiger partial charge in [0.15, 0.2) is 0 Å². The molecule has 0 aromatic heterocycles. The third-order valence-electron chi connectivity index (χ3n) is 2.43. The number of hydrogen-bond acceptors (Lipinski definition) is 3. The van der Waals surface area contributed by atoms with Crippen LogP contribution in [0.4, 0.5) is 0 Å². The number of imide groups is 1. The molecule has 0 bridgehead atoms. The van der Waals surface area contributed by atoms with Gasteiger partial charge in [-0.15, -0.1) is 0 Å². The fourth-order valence-electron chi connectivity index (χ4n) is 1.65. The van der Waals surface area contributed by atoms with Crippen LogP contribution in [-0.4, -0.2) is 18.4 Å². The first kappa shape index (κ1) is 11.4.